The van der Waals surface area contributed by atoms with E-state index in [2.05, 4.69) is 22.4 Å². The van der Waals surface area contributed by atoms with Gasteiger partial charge in [-0.05, 0) is 29.7 Å². The molecule has 3 rings (SSSR count). The summed E-state index contributed by atoms with van der Waals surface area (Å²) in [6.45, 7) is 0.580. The van der Waals surface area contributed by atoms with E-state index in [9.17, 15) is 9.59 Å². The Labute approximate surface area is 121 Å². The van der Waals surface area contributed by atoms with Crippen molar-refractivity contribution in [2.45, 2.75) is 12.3 Å². The first-order valence-corrected chi connectivity index (χ1v) is 6.70. The van der Waals surface area contributed by atoms with Crippen LogP contribution in [0.1, 0.15) is 37.9 Å². The van der Waals surface area contributed by atoms with Gasteiger partial charge in [0, 0.05) is 18.7 Å². The molecule has 1 amide bonds. The van der Waals surface area contributed by atoms with E-state index in [1.54, 1.807) is 0 Å². The molecule has 1 aliphatic rings. The molecule has 1 aromatic carbocycles. The second-order valence-corrected chi connectivity index (χ2v) is 5.05. The van der Waals surface area contributed by atoms with Gasteiger partial charge in [-0.2, -0.15) is 0 Å². The minimum Gasteiger partial charge on any atom is -0.477 e. The normalized spacial score (nSPS) is 15.7. The lowest BCUT2D eigenvalue weighted by molar-refractivity contribution is 0.0689. The first kappa shape index (κ1) is 13.3. The van der Waals surface area contributed by atoms with Gasteiger partial charge in [-0.15, -0.1) is 0 Å². The van der Waals surface area contributed by atoms with E-state index in [4.69, 9.17) is 5.11 Å². The van der Waals surface area contributed by atoms with E-state index in [-0.39, 0.29) is 11.6 Å². The van der Waals surface area contributed by atoms with E-state index >= 15 is 0 Å². The molecule has 2 N–H and O–H groups in total. The molecular formula is C16H14N2O3. The van der Waals surface area contributed by atoms with Crippen LogP contribution in [-0.2, 0) is 6.42 Å². The number of carbonyl (C=O) groups is 2. The van der Waals surface area contributed by atoms with Crippen LogP contribution in [-0.4, -0.2) is 28.5 Å². The number of aromatic nitrogens is 1. The van der Waals surface area contributed by atoms with E-state index < -0.39 is 5.97 Å². The van der Waals surface area contributed by atoms with Crippen LogP contribution >= 0.6 is 0 Å². The Kier molecular flexibility index (Phi) is 3.39. The number of benzene rings is 1. The van der Waals surface area contributed by atoms with Gasteiger partial charge in [0.25, 0.3) is 5.91 Å². The Bertz CT molecular complexity index is 695. The average Bonchev–Trinajstić information content (AvgIpc) is 2.48. The summed E-state index contributed by atoms with van der Waals surface area (Å²) < 4.78 is 0. The SMILES string of the molecule is O=C(NCC1Cc2ccccc21)c1ccc(C(=O)O)nc1. The Morgan fingerprint density at radius 1 is 1.24 bits per heavy atom. The highest BCUT2D eigenvalue weighted by molar-refractivity contribution is 5.94. The highest BCUT2D eigenvalue weighted by Gasteiger charge is 2.25. The van der Waals surface area contributed by atoms with Crippen LogP contribution in [0.25, 0.3) is 0 Å². The first-order valence-electron chi connectivity index (χ1n) is 6.70. The molecule has 0 bridgehead atoms. The van der Waals surface area contributed by atoms with Gasteiger partial charge in [-0.25, -0.2) is 9.78 Å². The summed E-state index contributed by atoms with van der Waals surface area (Å²) in [4.78, 5) is 26.4. The summed E-state index contributed by atoms with van der Waals surface area (Å²) in [5, 5.41) is 11.6. The van der Waals surface area contributed by atoms with Crippen molar-refractivity contribution < 1.29 is 14.7 Å². The Balaban J connectivity index is 1.59. The van der Waals surface area contributed by atoms with Crippen LogP contribution < -0.4 is 5.32 Å². The van der Waals surface area contributed by atoms with Crippen molar-refractivity contribution in [3.8, 4) is 0 Å². The summed E-state index contributed by atoms with van der Waals surface area (Å²) in [7, 11) is 0. The zero-order valence-corrected chi connectivity index (χ0v) is 11.2. The molecule has 0 fully saturated rings. The molecule has 0 saturated heterocycles. The molecule has 0 spiro atoms. The standard InChI is InChI=1S/C16H14N2O3/c19-15(11-5-6-14(16(20)21)17-8-11)18-9-12-7-10-3-1-2-4-13(10)12/h1-6,8,12H,7,9H2,(H,18,19)(H,20,21). The van der Waals surface area contributed by atoms with Gasteiger partial charge >= 0.3 is 5.97 Å². The summed E-state index contributed by atoms with van der Waals surface area (Å²) in [5.41, 5.74) is 2.92. The van der Waals surface area contributed by atoms with Crippen LogP contribution in [0.5, 0.6) is 0 Å². The number of nitrogens with one attached hydrogen (secondary N) is 1. The minimum absolute atomic E-state index is 0.0699. The number of fused-ring (bicyclic) bond motifs is 1. The van der Waals surface area contributed by atoms with E-state index in [1.165, 1.54) is 29.5 Å². The number of nitrogens with zero attached hydrogens (tertiary/aromatic N) is 1. The van der Waals surface area contributed by atoms with Crippen LogP contribution in [0.4, 0.5) is 0 Å². The second kappa shape index (κ2) is 5.36. The number of hydrogen-bond acceptors (Lipinski definition) is 3. The van der Waals surface area contributed by atoms with Crippen LogP contribution in [0.3, 0.4) is 0 Å². The van der Waals surface area contributed by atoms with Crippen LogP contribution in [0, 0.1) is 0 Å². The molecule has 2 aromatic rings. The maximum Gasteiger partial charge on any atom is 0.354 e. The van der Waals surface area contributed by atoms with E-state index in [0.29, 0.717) is 18.0 Å². The minimum atomic E-state index is -1.10. The van der Waals surface area contributed by atoms with Crippen molar-refractivity contribution in [1.29, 1.82) is 0 Å². The Morgan fingerprint density at radius 2 is 2.05 bits per heavy atom. The van der Waals surface area contributed by atoms with Crippen molar-refractivity contribution in [1.82, 2.24) is 10.3 Å². The number of pyridine rings is 1. The molecule has 1 unspecified atom stereocenters. The summed E-state index contributed by atoms with van der Waals surface area (Å²) in [6.07, 6.45) is 2.26. The van der Waals surface area contributed by atoms with Gasteiger partial charge < -0.3 is 10.4 Å². The smallest absolute Gasteiger partial charge is 0.354 e. The highest BCUT2D eigenvalue weighted by atomic mass is 16.4. The third-order valence-corrected chi connectivity index (χ3v) is 3.72. The zero-order valence-electron chi connectivity index (χ0n) is 11.2. The number of amides is 1. The lowest BCUT2D eigenvalue weighted by Gasteiger charge is -2.30. The Morgan fingerprint density at radius 3 is 2.71 bits per heavy atom. The molecule has 0 aliphatic heterocycles. The molecule has 1 heterocycles. The predicted octanol–water partition coefficient (Wildman–Crippen LogP) is 1.85. The average molecular weight is 282 g/mol. The zero-order chi connectivity index (χ0) is 14.8. The largest absolute Gasteiger partial charge is 0.477 e. The maximum absolute atomic E-state index is 12.0. The monoisotopic (exact) mass is 282 g/mol. The molecule has 21 heavy (non-hydrogen) atoms. The fraction of sp³-hybridized carbons (Fsp3) is 0.188. The third kappa shape index (κ3) is 2.63. The molecule has 5 heteroatoms. The van der Waals surface area contributed by atoms with E-state index in [0.717, 1.165) is 6.42 Å². The van der Waals surface area contributed by atoms with Crippen molar-refractivity contribution in [2.24, 2.45) is 0 Å². The predicted molar refractivity (Wildman–Crippen MR) is 76.4 cm³/mol. The summed E-state index contributed by atoms with van der Waals surface area (Å²) in [5.74, 6) is -0.978. The van der Waals surface area contributed by atoms with E-state index in [1.807, 2.05) is 12.1 Å². The molecule has 5 nitrogen and oxygen atoms in total. The first-order chi connectivity index (χ1) is 10.1. The molecular weight excluding hydrogens is 268 g/mol. The molecule has 0 radical (unpaired) electrons. The van der Waals surface area contributed by atoms with Gasteiger partial charge in [-0.3, -0.25) is 4.79 Å². The third-order valence-electron chi connectivity index (χ3n) is 3.72. The van der Waals surface area contributed by atoms with Gasteiger partial charge in [0.15, 0.2) is 0 Å². The molecule has 106 valence electrons. The number of carboxylic acid groups (broad SMARTS) is 1. The number of rotatable bonds is 4. The van der Waals surface area contributed by atoms with Gasteiger partial charge in [0.05, 0.1) is 5.56 Å². The van der Waals surface area contributed by atoms with Crippen molar-refractivity contribution in [3.05, 3.63) is 65.0 Å². The lowest BCUT2D eigenvalue weighted by atomic mass is 9.77. The van der Waals surface area contributed by atoms with Crippen molar-refractivity contribution in [2.75, 3.05) is 6.54 Å². The number of aromatic carboxylic acids is 1. The topological polar surface area (TPSA) is 79.3 Å². The van der Waals surface area contributed by atoms with Gasteiger partial charge in [0.1, 0.15) is 5.69 Å². The van der Waals surface area contributed by atoms with Crippen molar-refractivity contribution in [3.63, 3.8) is 0 Å². The Hall–Kier alpha value is -2.69. The molecule has 1 aromatic heterocycles. The van der Waals surface area contributed by atoms with Gasteiger partial charge in [-0.1, -0.05) is 24.3 Å². The summed E-state index contributed by atoms with van der Waals surface area (Å²) >= 11 is 0. The lowest BCUT2D eigenvalue weighted by Crippen LogP contribution is -2.33. The molecule has 1 aliphatic carbocycles. The fourth-order valence-electron chi connectivity index (χ4n) is 2.52. The second-order valence-electron chi connectivity index (χ2n) is 5.05. The summed E-state index contributed by atoms with van der Waals surface area (Å²) in [6, 6.07) is 11.0. The molecule has 1 atom stereocenters. The quantitative estimate of drug-likeness (QED) is 0.897. The van der Waals surface area contributed by atoms with Gasteiger partial charge in [0.2, 0.25) is 0 Å². The fourth-order valence-corrected chi connectivity index (χ4v) is 2.52. The van der Waals surface area contributed by atoms with Crippen LogP contribution in [0.2, 0.25) is 0 Å². The highest BCUT2D eigenvalue weighted by Crippen LogP contribution is 2.33. The number of carboxylic acids is 1. The van der Waals surface area contributed by atoms with Crippen LogP contribution in [0.15, 0.2) is 42.6 Å². The maximum atomic E-state index is 12.0. The number of hydrogen-bond donors (Lipinski definition) is 2. The van der Waals surface area contributed by atoms with Crippen molar-refractivity contribution >= 4 is 11.9 Å². The number of carbonyl (C=O) groups excluding carboxylic acids is 1. The molecule has 0 saturated carbocycles.